The minimum absolute atomic E-state index is 0.814. The Morgan fingerprint density at radius 1 is 1.54 bits per heavy atom. The van der Waals surface area contributed by atoms with Crippen LogP contribution in [0.15, 0.2) is 0 Å². The Morgan fingerprint density at radius 3 is 2.23 bits per heavy atom. The molecule has 0 aliphatic rings. The van der Waals surface area contributed by atoms with Crippen LogP contribution in [0.1, 0.15) is 13.8 Å². The molecule has 6 nitrogen and oxygen atoms in total. The number of aliphatic carboxylic acids is 1. The fourth-order valence-electron chi connectivity index (χ4n) is 0.743. The lowest BCUT2D eigenvalue weighted by Gasteiger charge is -2.26. The number of amides is 1. The fraction of sp³-hybridized carbons (Fsp3) is 0.714. The standard InChI is InChI=1S/C7H14N2O4/c1-7(2,8)4(5(10)11)9-6(12)13-3/h4H,8H2,1-3H3,(H,9,12)(H,10,11). The number of carbonyl (C=O) groups is 2. The van der Waals surface area contributed by atoms with Gasteiger partial charge in [-0.2, -0.15) is 0 Å². The summed E-state index contributed by atoms with van der Waals surface area (Å²) in [6.07, 6.45) is -0.814. The third-order valence-corrected chi connectivity index (χ3v) is 1.44. The maximum Gasteiger partial charge on any atom is 0.407 e. The van der Waals surface area contributed by atoms with Crippen LogP contribution in [-0.2, 0) is 9.53 Å². The molecule has 0 rings (SSSR count). The van der Waals surface area contributed by atoms with Gasteiger partial charge in [0.1, 0.15) is 6.04 Å². The van der Waals surface area contributed by atoms with Gasteiger partial charge in [0.05, 0.1) is 7.11 Å². The minimum atomic E-state index is -1.20. The number of ether oxygens (including phenoxy) is 1. The van der Waals surface area contributed by atoms with E-state index in [9.17, 15) is 9.59 Å². The Morgan fingerprint density at radius 2 is 2.00 bits per heavy atom. The van der Waals surface area contributed by atoms with E-state index >= 15 is 0 Å². The summed E-state index contributed by atoms with van der Waals surface area (Å²) in [5.74, 6) is -1.20. The van der Waals surface area contributed by atoms with Crippen molar-refractivity contribution in [3.8, 4) is 0 Å². The van der Waals surface area contributed by atoms with Gasteiger partial charge in [-0.25, -0.2) is 9.59 Å². The van der Waals surface area contributed by atoms with Crippen LogP contribution >= 0.6 is 0 Å². The van der Waals surface area contributed by atoms with Gasteiger partial charge in [0.25, 0.3) is 0 Å². The highest BCUT2D eigenvalue weighted by Gasteiger charge is 2.33. The first-order chi connectivity index (χ1) is 5.79. The van der Waals surface area contributed by atoms with Crippen molar-refractivity contribution < 1.29 is 19.4 Å². The molecule has 0 saturated carbocycles. The highest BCUT2D eigenvalue weighted by molar-refractivity contribution is 5.81. The molecule has 0 aromatic heterocycles. The van der Waals surface area contributed by atoms with Crippen molar-refractivity contribution in [2.45, 2.75) is 25.4 Å². The number of rotatable bonds is 3. The second-order valence-corrected chi connectivity index (χ2v) is 3.23. The fourth-order valence-corrected chi connectivity index (χ4v) is 0.743. The Hall–Kier alpha value is -1.30. The predicted octanol–water partition coefficient (Wildman–Crippen LogP) is -0.467. The smallest absolute Gasteiger partial charge is 0.407 e. The van der Waals surface area contributed by atoms with E-state index in [-0.39, 0.29) is 0 Å². The van der Waals surface area contributed by atoms with Crippen LogP contribution in [0.4, 0.5) is 4.79 Å². The maximum atomic E-state index is 10.7. The molecule has 0 aromatic rings. The molecule has 1 amide bonds. The molecule has 0 aromatic carbocycles. The molecule has 0 aliphatic heterocycles. The lowest BCUT2D eigenvalue weighted by molar-refractivity contribution is -0.140. The van der Waals surface area contributed by atoms with Gasteiger partial charge in [0.2, 0.25) is 0 Å². The van der Waals surface area contributed by atoms with Crippen LogP contribution in [0.25, 0.3) is 0 Å². The van der Waals surface area contributed by atoms with Crippen LogP contribution in [0, 0.1) is 0 Å². The lowest BCUT2D eigenvalue weighted by Crippen LogP contribution is -2.58. The first-order valence-corrected chi connectivity index (χ1v) is 3.65. The highest BCUT2D eigenvalue weighted by atomic mass is 16.5. The molecule has 1 unspecified atom stereocenters. The van der Waals surface area contributed by atoms with Crippen LogP contribution in [0.3, 0.4) is 0 Å². The van der Waals surface area contributed by atoms with Gasteiger partial charge in [0, 0.05) is 5.54 Å². The quantitative estimate of drug-likeness (QED) is 0.558. The Balaban J connectivity index is 4.46. The first-order valence-electron chi connectivity index (χ1n) is 3.65. The van der Waals surface area contributed by atoms with E-state index in [2.05, 4.69) is 10.1 Å². The molecule has 76 valence electrons. The molecule has 0 spiro atoms. The van der Waals surface area contributed by atoms with E-state index in [1.54, 1.807) is 0 Å². The zero-order valence-electron chi connectivity index (χ0n) is 7.83. The average Bonchev–Trinajstić information content (AvgIpc) is 1.96. The summed E-state index contributed by atoms with van der Waals surface area (Å²) >= 11 is 0. The number of hydrogen-bond acceptors (Lipinski definition) is 4. The molecular formula is C7H14N2O4. The zero-order chi connectivity index (χ0) is 10.6. The van der Waals surface area contributed by atoms with Crippen LogP contribution in [0.2, 0.25) is 0 Å². The van der Waals surface area contributed by atoms with E-state index in [1.807, 2.05) is 0 Å². The van der Waals surface area contributed by atoms with E-state index in [1.165, 1.54) is 13.8 Å². The zero-order valence-corrected chi connectivity index (χ0v) is 7.83. The molecule has 13 heavy (non-hydrogen) atoms. The summed E-state index contributed by atoms with van der Waals surface area (Å²) < 4.78 is 4.26. The van der Waals surface area contributed by atoms with Crippen molar-refractivity contribution in [2.75, 3.05) is 7.11 Å². The number of hydrogen-bond donors (Lipinski definition) is 3. The van der Waals surface area contributed by atoms with E-state index < -0.39 is 23.6 Å². The molecule has 0 aliphatic carbocycles. The second-order valence-electron chi connectivity index (χ2n) is 3.23. The monoisotopic (exact) mass is 190 g/mol. The molecule has 0 saturated heterocycles. The Labute approximate surface area is 76.0 Å². The van der Waals surface area contributed by atoms with Crippen molar-refractivity contribution >= 4 is 12.1 Å². The average molecular weight is 190 g/mol. The Bertz CT molecular complexity index is 209. The summed E-state index contributed by atoms with van der Waals surface area (Å²) in [7, 11) is 1.15. The predicted molar refractivity (Wildman–Crippen MR) is 45.2 cm³/mol. The van der Waals surface area contributed by atoms with Gasteiger partial charge in [-0.1, -0.05) is 0 Å². The molecule has 0 radical (unpaired) electrons. The number of carbonyl (C=O) groups excluding carboxylic acids is 1. The van der Waals surface area contributed by atoms with Crippen LogP contribution in [-0.4, -0.2) is 35.9 Å². The van der Waals surface area contributed by atoms with Crippen molar-refractivity contribution in [1.29, 1.82) is 0 Å². The van der Waals surface area contributed by atoms with Crippen molar-refractivity contribution in [1.82, 2.24) is 5.32 Å². The van der Waals surface area contributed by atoms with Crippen molar-refractivity contribution in [3.63, 3.8) is 0 Å². The minimum Gasteiger partial charge on any atom is -0.480 e. The molecule has 6 heteroatoms. The maximum absolute atomic E-state index is 10.7. The van der Waals surface area contributed by atoms with Crippen molar-refractivity contribution in [3.05, 3.63) is 0 Å². The molecule has 0 fully saturated rings. The van der Waals surface area contributed by atoms with Gasteiger partial charge in [-0.3, -0.25) is 0 Å². The molecule has 0 bridgehead atoms. The number of carboxylic acid groups (broad SMARTS) is 1. The highest BCUT2D eigenvalue weighted by Crippen LogP contribution is 2.05. The van der Waals surface area contributed by atoms with E-state index in [0.717, 1.165) is 7.11 Å². The first kappa shape index (κ1) is 11.7. The van der Waals surface area contributed by atoms with Gasteiger partial charge < -0.3 is 20.9 Å². The van der Waals surface area contributed by atoms with Crippen LogP contribution in [0.5, 0.6) is 0 Å². The molecular weight excluding hydrogens is 176 g/mol. The topological polar surface area (TPSA) is 102 Å². The van der Waals surface area contributed by atoms with Gasteiger partial charge >= 0.3 is 12.1 Å². The number of nitrogens with two attached hydrogens (primary N) is 1. The summed E-state index contributed by atoms with van der Waals surface area (Å²) in [4.78, 5) is 21.4. The second kappa shape index (κ2) is 4.08. The summed E-state index contributed by atoms with van der Waals surface area (Å²) in [5, 5.41) is 10.8. The number of alkyl carbamates (subject to hydrolysis) is 1. The third-order valence-electron chi connectivity index (χ3n) is 1.44. The number of carboxylic acids is 1. The van der Waals surface area contributed by atoms with Gasteiger partial charge in [-0.05, 0) is 13.8 Å². The third kappa shape index (κ3) is 3.75. The Kier molecular flexibility index (Phi) is 3.68. The summed E-state index contributed by atoms with van der Waals surface area (Å²) in [6, 6.07) is -1.17. The summed E-state index contributed by atoms with van der Waals surface area (Å²) in [6.45, 7) is 3.00. The number of methoxy groups -OCH3 is 1. The molecule has 4 N–H and O–H groups in total. The van der Waals surface area contributed by atoms with E-state index in [4.69, 9.17) is 10.8 Å². The number of nitrogens with one attached hydrogen (secondary N) is 1. The van der Waals surface area contributed by atoms with Gasteiger partial charge in [-0.15, -0.1) is 0 Å². The largest absolute Gasteiger partial charge is 0.480 e. The van der Waals surface area contributed by atoms with E-state index in [0.29, 0.717) is 0 Å². The lowest BCUT2D eigenvalue weighted by atomic mass is 9.96. The van der Waals surface area contributed by atoms with Crippen LogP contribution < -0.4 is 11.1 Å². The molecule has 1 atom stereocenters. The van der Waals surface area contributed by atoms with Crippen molar-refractivity contribution in [2.24, 2.45) is 5.73 Å². The summed E-state index contributed by atoms with van der Waals surface area (Å²) in [5.41, 5.74) is 4.49. The SMILES string of the molecule is COC(=O)NC(C(=O)O)C(C)(C)N. The molecule has 0 heterocycles. The normalized spacial score (nSPS) is 13.2. The van der Waals surface area contributed by atoms with Gasteiger partial charge in [0.15, 0.2) is 0 Å².